The first-order chi connectivity index (χ1) is 22.9. The van der Waals surface area contributed by atoms with E-state index in [0.717, 1.165) is 49.0 Å². The monoisotopic (exact) mass is 633 g/mol. The third-order valence-corrected chi connectivity index (χ3v) is 9.50. The van der Waals surface area contributed by atoms with E-state index >= 15 is 0 Å². The van der Waals surface area contributed by atoms with Gasteiger partial charge in [-0.1, -0.05) is 97.8 Å². The zero-order valence-electron chi connectivity index (χ0n) is 26.9. The van der Waals surface area contributed by atoms with Crippen molar-refractivity contribution in [3.05, 3.63) is 120 Å². The molecule has 0 spiro atoms. The Morgan fingerprint density at radius 3 is 2.47 bits per heavy atom. The Bertz CT molecular complexity index is 1700. The number of hydrogen-bond donors (Lipinski definition) is 2. The van der Waals surface area contributed by atoms with Crippen molar-refractivity contribution in [3.63, 3.8) is 0 Å². The van der Waals surface area contributed by atoms with Gasteiger partial charge in [-0.05, 0) is 48.6 Å². The van der Waals surface area contributed by atoms with Gasteiger partial charge in [-0.25, -0.2) is 0 Å². The minimum Gasteiger partial charge on any atom is -0.395 e. The molecule has 1 saturated heterocycles. The summed E-state index contributed by atoms with van der Waals surface area (Å²) in [5.41, 5.74) is 3.10. The maximum atomic E-state index is 14.0. The number of aromatic nitrogens is 3. The highest BCUT2D eigenvalue weighted by Gasteiger charge is 2.52. The first kappa shape index (κ1) is 32.3. The molecule has 4 aromatic rings. The topological polar surface area (TPSA) is 112 Å². The molecule has 6 rings (SSSR count). The van der Waals surface area contributed by atoms with E-state index in [2.05, 4.69) is 10.3 Å². The van der Waals surface area contributed by atoms with Gasteiger partial charge in [0.05, 0.1) is 30.5 Å². The number of carbonyl (C=O) groups is 2. The highest BCUT2D eigenvalue weighted by Crippen LogP contribution is 2.45. The molecule has 0 aliphatic carbocycles. The number of amides is 2. The number of allylic oxidation sites excluding steroid dienone is 1. The van der Waals surface area contributed by atoms with Crippen LogP contribution in [0.1, 0.15) is 73.8 Å². The zero-order valence-corrected chi connectivity index (χ0v) is 26.9. The van der Waals surface area contributed by atoms with Gasteiger partial charge in [-0.3, -0.25) is 14.3 Å². The van der Waals surface area contributed by atoms with Gasteiger partial charge in [0.15, 0.2) is 5.60 Å². The summed E-state index contributed by atoms with van der Waals surface area (Å²) in [7, 11) is 0. The number of aliphatic hydroxyl groups excluding tert-OH is 1. The molecule has 47 heavy (non-hydrogen) atoms. The van der Waals surface area contributed by atoms with Crippen molar-refractivity contribution < 1.29 is 19.8 Å². The molecule has 2 amide bonds. The number of benzene rings is 3. The molecule has 3 heterocycles. The second kappa shape index (κ2) is 14.4. The number of para-hydroxylation sites is 1. The average Bonchev–Trinajstić information content (AvgIpc) is 3.64. The number of hydrogen-bond acceptors (Lipinski definition) is 6. The Balaban J connectivity index is 1.11. The molecular weight excluding hydrogens is 590 g/mol. The van der Waals surface area contributed by atoms with Crippen LogP contribution in [-0.2, 0) is 28.3 Å². The average molecular weight is 634 g/mol. The molecule has 0 radical (unpaired) electrons. The summed E-state index contributed by atoms with van der Waals surface area (Å²) < 4.78 is 1.75. The van der Waals surface area contributed by atoms with Gasteiger partial charge in [0.2, 0.25) is 5.91 Å². The van der Waals surface area contributed by atoms with Crippen LogP contribution >= 0.6 is 0 Å². The molecule has 9 nitrogen and oxygen atoms in total. The lowest BCUT2D eigenvalue weighted by molar-refractivity contribution is -0.139. The van der Waals surface area contributed by atoms with Crippen molar-refractivity contribution >= 4 is 23.2 Å². The van der Waals surface area contributed by atoms with Crippen molar-refractivity contribution in [1.29, 1.82) is 0 Å². The van der Waals surface area contributed by atoms with E-state index in [1.165, 1.54) is 0 Å². The Kier molecular flexibility index (Phi) is 9.94. The second-order valence-corrected chi connectivity index (χ2v) is 12.6. The number of aliphatic hydroxyl groups is 2. The van der Waals surface area contributed by atoms with Crippen molar-refractivity contribution in [1.82, 2.24) is 15.0 Å². The minimum absolute atomic E-state index is 0.0594. The molecule has 0 bridgehead atoms. The van der Waals surface area contributed by atoms with E-state index < -0.39 is 11.5 Å². The normalized spacial score (nSPS) is 19.9. The lowest BCUT2D eigenvalue weighted by Gasteiger charge is -2.28. The molecule has 3 atom stereocenters. The van der Waals surface area contributed by atoms with Crippen molar-refractivity contribution in [2.24, 2.45) is 5.92 Å². The number of carbonyl (C=O) groups excluding carboxylic acids is 2. The van der Waals surface area contributed by atoms with E-state index in [4.69, 9.17) is 0 Å². The minimum atomic E-state index is -1.70. The molecular formula is C38H43N5O4. The van der Waals surface area contributed by atoms with Gasteiger partial charge >= 0.3 is 0 Å². The summed E-state index contributed by atoms with van der Waals surface area (Å²) in [6.45, 7) is 3.42. The lowest BCUT2D eigenvalue weighted by Crippen LogP contribution is -2.44. The highest BCUT2D eigenvalue weighted by molar-refractivity contribution is 6.07. The summed E-state index contributed by atoms with van der Waals surface area (Å²) >= 11 is 0. The molecule has 3 aromatic carbocycles. The molecule has 1 aromatic heterocycles. The summed E-state index contributed by atoms with van der Waals surface area (Å²) in [5.74, 6) is -0.907. The van der Waals surface area contributed by atoms with Crippen molar-refractivity contribution in [3.8, 4) is 0 Å². The summed E-state index contributed by atoms with van der Waals surface area (Å²) in [6, 6.07) is 25.1. The van der Waals surface area contributed by atoms with Crippen molar-refractivity contribution in [2.75, 3.05) is 23.0 Å². The van der Waals surface area contributed by atoms with Crippen LogP contribution in [0.15, 0.2) is 97.2 Å². The summed E-state index contributed by atoms with van der Waals surface area (Å²) in [6.07, 6.45) is 11.1. The van der Waals surface area contributed by atoms with Crippen LogP contribution in [0, 0.1) is 5.92 Å². The Morgan fingerprint density at radius 2 is 1.68 bits per heavy atom. The first-order valence-electron chi connectivity index (χ1n) is 16.7. The van der Waals surface area contributed by atoms with Gasteiger partial charge in [0.1, 0.15) is 0 Å². The van der Waals surface area contributed by atoms with E-state index in [0.29, 0.717) is 42.9 Å². The van der Waals surface area contributed by atoms with E-state index in [1.807, 2.05) is 109 Å². The van der Waals surface area contributed by atoms with Gasteiger partial charge < -0.3 is 20.0 Å². The summed E-state index contributed by atoms with van der Waals surface area (Å²) in [5, 5.41) is 30.5. The van der Waals surface area contributed by atoms with Crippen LogP contribution in [-0.4, -0.2) is 50.2 Å². The predicted molar refractivity (Wildman–Crippen MR) is 182 cm³/mol. The van der Waals surface area contributed by atoms with E-state index in [9.17, 15) is 19.8 Å². The van der Waals surface area contributed by atoms with Gasteiger partial charge in [-0.15, -0.1) is 5.10 Å². The van der Waals surface area contributed by atoms with Crippen LogP contribution in [0.3, 0.4) is 0 Å². The third-order valence-electron chi connectivity index (χ3n) is 9.50. The van der Waals surface area contributed by atoms with Gasteiger partial charge in [-0.2, -0.15) is 0 Å². The Hall–Kier alpha value is -4.60. The quantitative estimate of drug-likeness (QED) is 0.205. The third kappa shape index (κ3) is 6.77. The molecule has 2 aliphatic heterocycles. The fourth-order valence-corrected chi connectivity index (χ4v) is 6.74. The van der Waals surface area contributed by atoms with Crippen LogP contribution in [0.5, 0.6) is 0 Å². The maximum Gasteiger partial charge on any atom is 0.264 e. The molecule has 244 valence electrons. The highest BCUT2D eigenvalue weighted by atomic mass is 16.3. The van der Waals surface area contributed by atoms with E-state index in [1.54, 1.807) is 9.58 Å². The molecule has 9 heteroatoms. The molecule has 1 fully saturated rings. The zero-order chi connectivity index (χ0) is 32.8. The maximum absolute atomic E-state index is 14.0. The number of fused-ring (bicyclic) bond motifs is 1. The van der Waals surface area contributed by atoms with Gasteiger partial charge in [0.25, 0.3) is 5.91 Å². The summed E-state index contributed by atoms with van der Waals surface area (Å²) in [4.78, 5) is 30.2. The smallest absolute Gasteiger partial charge is 0.264 e. The molecule has 1 unspecified atom stereocenters. The second-order valence-electron chi connectivity index (χ2n) is 12.6. The first-order valence-corrected chi connectivity index (χ1v) is 16.7. The Morgan fingerprint density at radius 1 is 0.936 bits per heavy atom. The standard InChI is InChI=1S/C38H43N5O4/c1-28(13-10-12-23-41-26-34(39-40-41)32(27-44)30-14-5-4-6-15-30)38(47)33-16-8-9-17-35(33)43(37(38)46)25-29-19-21-31(22-20-29)42-24-11-3-2-7-18-36(42)45/h4-6,8-10,13-17,19-22,26,28,32,44,47H,2-3,7,11-12,18,23-25,27H2,1H3/b13-10+/t28-,32?,38+/m1/s1. The fourth-order valence-electron chi connectivity index (χ4n) is 6.74. The number of anilines is 2. The largest absolute Gasteiger partial charge is 0.395 e. The Labute approximate surface area is 276 Å². The SMILES string of the molecule is C[C@H](/C=C/CCn1cc(C(CO)c2ccccc2)nn1)[C@@]1(O)C(=O)N(Cc2ccc(N3CCCCCCC3=O)cc2)c2ccccc21. The van der Waals surface area contributed by atoms with Crippen LogP contribution in [0.25, 0.3) is 0 Å². The molecule has 2 aliphatic rings. The lowest BCUT2D eigenvalue weighted by atomic mass is 9.83. The number of nitrogens with zero attached hydrogens (tertiary/aromatic N) is 5. The van der Waals surface area contributed by atoms with Crippen LogP contribution < -0.4 is 9.80 Å². The van der Waals surface area contributed by atoms with Crippen LogP contribution in [0.2, 0.25) is 0 Å². The predicted octanol–water partition coefficient (Wildman–Crippen LogP) is 5.72. The molecule has 2 N–H and O–H groups in total. The van der Waals surface area contributed by atoms with Crippen molar-refractivity contribution in [2.45, 2.75) is 70.1 Å². The van der Waals surface area contributed by atoms with Gasteiger partial charge in [0, 0.05) is 42.9 Å². The number of aryl methyl sites for hydroxylation is 1. The van der Waals surface area contributed by atoms with Crippen LogP contribution in [0.4, 0.5) is 11.4 Å². The van der Waals surface area contributed by atoms with E-state index in [-0.39, 0.29) is 24.3 Å². The number of rotatable bonds is 11. The molecule has 0 saturated carbocycles. The fraction of sp³-hybridized carbons (Fsp3) is 0.368.